The zero-order valence-corrected chi connectivity index (χ0v) is 54.2. The van der Waals surface area contributed by atoms with Gasteiger partial charge in [0.05, 0.1) is 11.0 Å². The van der Waals surface area contributed by atoms with Crippen molar-refractivity contribution in [2.45, 2.75) is 41.5 Å². The predicted molar refractivity (Wildman–Crippen MR) is 404 cm³/mol. The van der Waals surface area contributed by atoms with Crippen molar-refractivity contribution in [3.05, 3.63) is 365 Å². The van der Waals surface area contributed by atoms with Crippen LogP contribution in [0.5, 0.6) is 0 Å². The van der Waals surface area contributed by atoms with Crippen LogP contribution in [0.2, 0.25) is 0 Å². The number of aromatic nitrogens is 1. The van der Waals surface area contributed by atoms with Crippen LogP contribution >= 0.6 is 0 Å². The molecule has 0 aliphatic rings. The molecule has 13 aromatic rings. The molecule has 1 aromatic heterocycles. The fourth-order valence-electron chi connectivity index (χ4n) is 11.1. The number of rotatable bonds is 15. The number of benzene rings is 12. The highest BCUT2D eigenvalue weighted by Gasteiger charge is 2.15. The number of hydrogen-bond acceptors (Lipinski definition) is 2. The maximum atomic E-state index is 3.51. The van der Waals surface area contributed by atoms with E-state index in [4.69, 9.17) is 0 Å². The Morgan fingerprint density at radius 3 is 0.924 bits per heavy atom. The van der Waals surface area contributed by atoms with E-state index < -0.39 is 0 Å². The van der Waals surface area contributed by atoms with Gasteiger partial charge in [0.25, 0.3) is 0 Å². The minimum atomic E-state index is 1.12. The maximum Gasteiger partial charge on any atom is 0.0541 e. The van der Waals surface area contributed by atoms with E-state index in [1.54, 1.807) is 12.2 Å². The minimum Gasteiger partial charge on any atom is -0.345 e. The molecule has 0 aliphatic heterocycles. The summed E-state index contributed by atoms with van der Waals surface area (Å²) in [6, 6.07) is 109. The maximum absolute atomic E-state index is 3.51. The van der Waals surface area contributed by atoms with Crippen LogP contribution < -0.4 is 9.80 Å². The van der Waals surface area contributed by atoms with E-state index in [0.717, 1.165) is 28.4 Å². The van der Waals surface area contributed by atoms with Gasteiger partial charge in [-0.05, 0) is 172 Å². The topological polar surface area (TPSA) is 11.4 Å². The fourth-order valence-corrected chi connectivity index (χ4v) is 11.1. The van der Waals surface area contributed by atoms with Crippen molar-refractivity contribution in [2.75, 3.05) is 16.8 Å². The van der Waals surface area contributed by atoms with E-state index in [0.29, 0.717) is 0 Å². The standard InChI is InChI=1S/C73H53N3.C7H10.C5H8.2C2H6/c1-74(64-44-37-59(38-45-64)56-27-21-52(22-28-56)53-25-31-58(32-26-53)61-41-48-69(49-42-61)75(66-13-5-2-6-14-66)67-15-7-3-8-16-67)65-46-39-60(40-47-65)57-29-23-54(24-30-57)55-33-35-62(36-34-55)63-43-50-73-71(51-63)70-19-11-12-20-72(70)76(73)68-17-9-4-10-18-68;1-3-5-7-6-4-2;1-3-5-4-2;2*1-2/h2-51H,1H3;3-7H,1H2,2H3;3-5H,1H2,2H3;2*1-2H3/b;6-4-,7-5-;5-4-;;. The minimum absolute atomic E-state index is 1.12. The summed E-state index contributed by atoms with van der Waals surface area (Å²) in [6.45, 7) is 18.9. The zero-order chi connectivity index (χ0) is 64.4. The average Bonchev–Trinajstić information content (AvgIpc) is 1.60. The fraction of sp³-hybridized carbons (Fsp3) is 0.0787. The van der Waals surface area contributed by atoms with Gasteiger partial charge in [0, 0.05) is 51.9 Å². The van der Waals surface area contributed by atoms with Gasteiger partial charge in [-0.15, -0.1) is 0 Å². The third-order valence-corrected chi connectivity index (χ3v) is 15.8. The lowest BCUT2D eigenvalue weighted by atomic mass is 9.97. The molecule has 92 heavy (non-hydrogen) atoms. The SMILES string of the molecule is C=C/C=C\C.C=C/C=C\C=C/C.CC.CC.CN(c1ccc(-c2ccc(-c3ccc(-c4ccc(N(c5ccccc5)c5ccccc5)cc4)cc3)cc2)cc1)c1ccc(-c2ccc(-c3ccc(-c4ccc5c(c4)c4ccccc4n5-c4ccccc4)cc3)cc2)cc1. The van der Waals surface area contributed by atoms with Crippen LogP contribution in [-0.2, 0) is 0 Å². The van der Waals surface area contributed by atoms with E-state index in [2.05, 4.69) is 338 Å². The Morgan fingerprint density at radius 2 is 0.565 bits per heavy atom. The predicted octanol–water partition coefficient (Wildman–Crippen LogP) is 26.1. The summed E-state index contributed by atoms with van der Waals surface area (Å²) in [6.07, 6.45) is 15.1. The monoisotopic (exact) mass is 1190 g/mol. The quantitative estimate of drug-likeness (QED) is 0.0948. The van der Waals surface area contributed by atoms with Crippen LogP contribution in [0.4, 0.5) is 28.4 Å². The van der Waals surface area contributed by atoms with Crippen LogP contribution in [0.25, 0.3) is 94.3 Å². The second-order valence-electron chi connectivity index (χ2n) is 21.3. The molecular weight excluding hydrogens is 1110 g/mol. The van der Waals surface area contributed by atoms with Gasteiger partial charge in [-0.25, -0.2) is 0 Å². The molecule has 0 N–H and O–H groups in total. The summed E-state index contributed by atoms with van der Waals surface area (Å²) in [4.78, 5) is 4.53. The second-order valence-corrected chi connectivity index (χ2v) is 21.3. The molecule has 0 fully saturated rings. The summed E-state index contributed by atoms with van der Waals surface area (Å²) in [7, 11) is 2.13. The summed E-state index contributed by atoms with van der Waals surface area (Å²) in [5.41, 5.74) is 23.6. The molecule has 0 atom stereocenters. The van der Waals surface area contributed by atoms with E-state index >= 15 is 0 Å². The highest BCUT2D eigenvalue weighted by molar-refractivity contribution is 6.10. The summed E-state index contributed by atoms with van der Waals surface area (Å²) in [5.74, 6) is 0. The Balaban J connectivity index is 0.000000564. The molecular formula is C89H83N3. The van der Waals surface area contributed by atoms with E-state index in [1.165, 1.54) is 94.3 Å². The third-order valence-electron chi connectivity index (χ3n) is 15.8. The van der Waals surface area contributed by atoms with Crippen LogP contribution in [-0.4, -0.2) is 11.6 Å². The van der Waals surface area contributed by atoms with E-state index in [-0.39, 0.29) is 0 Å². The highest BCUT2D eigenvalue weighted by atomic mass is 15.1. The lowest BCUT2D eigenvalue weighted by Crippen LogP contribution is -2.09. The first kappa shape index (κ1) is 65.2. The number of allylic oxidation sites excluding steroid dienone is 8. The second kappa shape index (κ2) is 33.4. The van der Waals surface area contributed by atoms with Gasteiger partial charge < -0.3 is 14.4 Å². The third kappa shape index (κ3) is 15.9. The van der Waals surface area contributed by atoms with Gasteiger partial charge in [-0.3, -0.25) is 0 Å². The van der Waals surface area contributed by atoms with Crippen LogP contribution in [0, 0.1) is 0 Å². The molecule has 12 aromatic carbocycles. The molecule has 0 spiro atoms. The van der Waals surface area contributed by atoms with Crippen molar-refractivity contribution in [1.82, 2.24) is 4.57 Å². The normalized spacial score (nSPS) is 10.7. The van der Waals surface area contributed by atoms with Crippen LogP contribution in [0.3, 0.4) is 0 Å². The average molecular weight is 1190 g/mol. The van der Waals surface area contributed by atoms with Gasteiger partial charge >= 0.3 is 0 Å². The van der Waals surface area contributed by atoms with E-state index in [1.807, 2.05) is 78.0 Å². The summed E-state index contributed by atoms with van der Waals surface area (Å²) in [5, 5.41) is 2.53. The first-order chi connectivity index (χ1) is 45.4. The lowest BCUT2D eigenvalue weighted by Gasteiger charge is -2.25. The number of nitrogens with zero attached hydrogens (tertiary/aromatic N) is 3. The van der Waals surface area contributed by atoms with Crippen molar-refractivity contribution < 1.29 is 0 Å². The van der Waals surface area contributed by atoms with Gasteiger partial charge in [0.2, 0.25) is 0 Å². The smallest absolute Gasteiger partial charge is 0.0541 e. The summed E-state index contributed by atoms with van der Waals surface area (Å²) >= 11 is 0. The molecule has 0 bridgehead atoms. The Labute approximate surface area is 547 Å². The van der Waals surface area contributed by atoms with Gasteiger partial charge in [0.15, 0.2) is 0 Å². The largest absolute Gasteiger partial charge is 0.345 e. The molecule has 454 valence electrons. The first-order valence-corrected chi connectivity index (χ1v) is 32.0. The van der Waals surface area contributed by atoms with Crippen molar-refractivity contribution in [3.63, 3.8) is 0 Å². The molecule has 0 aliphatic carbocycles. The zero-order valence-electron chi connectivity index (χ0n) is 54.2. The Bertz CT molecular complexity index is 4420. The van der Waals surface area contributed by atoms with Gasteiger partial charge in [-0.2, -0.15) is 0 Å². The van der Waals surface area contributed by atoms with E-state index in [9.17, 15) is 0 Å². The van der Waals surface area contributed by atoms with Gasteiger partial charge in [-0.1, -0.05) is 302 Å². The number of hydrogen-bond donors (Lipinski definition) is 0. The van der Waals surface area contributed by atoms with Crippen molar-refractivity contribution in [1.29, 1.82) is 0 Å². The van der Waals surface area contributed by atoms with Crippen molar-refractivity contribution >= 4 is 50.2 Å². The number of para-hydroxylation sites is 4. The lowest BCUT2D eigenvalue weighted by molar-refractivity contribution is 1.18. The molecule has 3 nitrogen and oxygen atoms in total. The Kier molecular flexibility index (Phi) is 23.6. The van der Waals surface area contributed by atoms with Crippen molar-refractivity contribution in [2.24, 2.45) is 0 Å². The summed E-state index contributed by atoms with van der Waals surface area (Å²) < 4.78 is 2.36. The first-order valence-electron chi connectivity index (χ1n) is 32.0. The van der Waals surface area contributed by atoms with Crippen LogP contribution in [0.1, 0.15) is 41.5 Å². The Hall–Kier alpha value is -11.3. The molecule has 3 heteroatoms. The Morgan fingerprint density at radius 1 is 0.272 bits per heavy atom. The molecule has 0 saturated heterocycles. The highest BCUT2D eigenvalue weighted by Crippen LogP contribution is 2.39. The van der Waals surface area contributed by atoms with Crippen molar-refractivity contribution in [3.8, 4) is 72.4 Å². The number of fused-ring (bicyclic) bond motifs is 3. The molecule has 0 unspecified atom stereocenters. The van der Waals surface area contributed by atoms with Gasteiger partial charge in [0.1, 0.15) is 0 Å². The molecule has 0 saturated carbocycles. The molecule has 13 rings (SSSR count). The number of anilines is 5. The van der Waals surface area contributed by atoms with Crippen LogP contribution in [0.15, 0.2) is 365 Å². The molecule has 0 radical (unpaired) electrons. The molecule has 0 amide bonds. The molecule has 1 heterocycles.